The van der Waals surface area contributed by atoms with E-state index >= 15 is 0 Å². The SMILES string of the molecule is COc1ccc(-c2csc3cc4c(Nc5ccc6scnc6c5)ccnc4cc23)cc1. The molecule has 1 N–H and O–H groups in total. The quantitative estimate of drug-likeness (QED) is 0.309. The van der Waals surface area contributed by atoms with Crippen molar-refractivity contribution in [1.82, 2.24) is 9.97 Å². The molecule has 0 bridgehead atoms. The number of nitrogens with zero attached hydrogens (tertiary/aromatic N) is 2. The molecule has 3 aromatic carbocycles. The molecule has 6 rings (SSSR count). The highest BCUT2D eigenvalue weighted by Gasteiger charge is 2.11. The highest BCUT2D eigenvalue weighted by molar-refractivity contribution is 7.18. The number of rotatable bonds is 4. The number of aromatic nitrogens is 2. The van der Waals surface area contributed by atoms with E-state index in [1.165, 1.54) is 25.9 Å². The molecule has 0 amide bonds. The Bertz CT molecular complexity index is 1550. The van der Waals surface area contributed by atoms with Gasteiger partial charge in [0.2, 0.25) is 0 Å². The molecule has 0 fully saturated rings. The van der Waals surface area contributed by atoms with Gasteiger partial charge in [-0.3, -0.25) is 4.98 Å². The van der Waals surface area contributed by atoms with Crippen LogP contribution in [0.2, 0.25) is 0 Å². The van der Waals surface area contributed by atoms with Gasteiger partial charge in [-0.05, 0) is 59.5 Å². The summed E-state index contributed by atoms with van der Waals surface area (Å²) in [6, 6.07) is 20.9. The van der Waals surface area contributed by atoms with Crippen LogP contribution in [0.5, 0.6) is 5.75 Å². The number of thiazole rings is 1. The van der Waals surface area contributed by atoms with Crippen LogP contribution in [0.1, 0.15) is 0 Å². The summed E-state index contributed by atoms with van der Waals surface area (Å²) in [4.78, 5) is 9.08. The zero-order valence-corrected chi connectivity index (χ0v) is 18.3. The standard InChI is InChI=1S/C25H17N3OS2/c1-29-17-5-2-15(3-6-17)20-13-30-25-12-19-21(8-9-26-22(19)11-18(20)25)28-16-4-7-24-23(10-16)27-14-31-24/h2-14H,1H3,(H,26,28). The molecule has 0 unspecified atom stereocenters. The molecule has 0 aliphatic rings. The van der Waals surface area contributed by atoms with Gasteiger partial charge in [-0.25, -0.2) is 4.98 Å². The molecule has 0 saturated carbocycles. The third-order valence-electron chi connectivity index (χ3n) is 5.45. The monoisotopic (exact) mass is 439 g/mol. The van der Waals surface area contributed by atoms with Gasteiger partial charge < -0.3 is 10.1 Å². The number of benzene rings is 3. The molecular weight excluding hydrogens is 422 g/mol. The first-order valence-electron chi connectivity index (χ1n) is 9.83. The molecule has 3 heterocycles. The summed E-state index contributed by atoms with van der Waals surface area (Å²) in [5.41, 5.74) is 8.33. The maximum atomic E-state index is 5.30. The number of fused-ring (bicyclic) bond motifs is 3. The van der Waals surface area contributed by atoms with Crippen molar-refractivity contribution in [3.05, 3.63) is 77.8 Å². The van der Waals surface area contributed by atoms with Crippen LogP contribution in [0.25, 0.3) is 42.3 Å². The summed E-state index contributed by atoms with van der Waals surface area (Å²) in [5.74, 6) is 0.863. The zero-order valence-electron chi connectivity index (χ0n) is 16.6. The van der Waals surface area contributed by atoms with Gasteiger partial charge in [0.25, 0.3) is 0 Å². The summed E-state index contributed by atoms with van der Waals surface area (Å²) in [5, 5.41) is 8.10. The van der Waals surface area contributed by atoms with Gasteiger partial charge in [-0.2, -0.15) is 0 Å². The second-order valence-corrected chi connectivity index (χ2v) is 9.06. The second kappa shape index (κ2) is 7.34. The van der Waals surface area contributed by atoms with Gasteiger partial charge in [0.05, 0.1) is 28.4 Å². The number of ether oxygens (including phenoxy) is 1. The maximum absolute atomic E-state index is 5.30. The van der Waals surface area contributed by atoms with Crippen molar-refractivity contribution < 1.29 is 4.74 Å². The van der Waals surface area contributed by atoms with E-state index in [1.807, 2.05) is 29.9 Å². The van der Waals surface area contributed by atoms with Crippen molar-refractivity contribution in [1.29, 1.82) is 0 Å². The first kappa shape index (κ1) is 18.3. The molecule has 0 saturated heterocycles. The summed E-state index contributed by atoms with van der Waals surface area (Å²) in [7, 11) is 1.69. The van der Waals surface area contributed by atoms with E-state index in [2.05, 4.69) is 63.1 Å². The highest BCUT2D eigenvalue weighted by atomic mass is 32.1. The molecule has 31 heavy (non-hydrogen) atoms. The van der Waals surface area contributed by atoms with Gasteiger partial charge in [0.1, 0.15) is 5.75 Å². The minimum atomic E-state index is 0.863. The molecule has 6 heteroatoms. The normalized spacial score (nSPS) is 11.4. The molecule has 6 aromatic rings. The van der Waals surface area contributed by atoms with Crippen molar-refractivity contribution in [3.63, 3.8) is 0 Å². The Labute approximate surface area is 186 Å². The number of thiophene rings is 1. The van der Waals surface area contributed by atoms with Crippen LogP contribution in [0.3, 0.4) is 0 Å². The highest BCUT2D eigenvalue weighted by Crippen LogP contribution is 2.38. The van der Waals surface area contributed by atoms with Crippen molar-refractivity contribution in [3.8, 4) is 16.9 Å². The lowest BCUT2D eigenvalue weighted by molar-refractivity contribution is 0.415. The van der Waals surface area contributed by atoms with E-state index in [9.17, 15) is 0 Å². The van der Waals surface area contributed by atoms with Crippen molar-refractivity contribution >= 4 is 65.3 Å². The number of hydrogen-bond donors (Lipinski definition) is 1. The van der Waals surface area contributed by atoms with E-state index in [0.29, 0.717) is 0 Å². The lowest BCUT2D eigenvalue weighted by Gasteiger charge is -2.10. The first-order chi connectivity index (χ1) is 15.3. The first-order valence-corrected chi connectivity index (χ1v) is 11.6. The van der Waals surface area contributed by atoms with E-state index in [1.54, 1.807) is 29.8 Å². The van der Waals surface area contributed by atoms with E-state index < -0.39 is 0 Å². The third-order valence-corrected chi connectivity index (χ3v) is 7.20. The second-order valence-electron chi connectivity index (χ2n) is 7.26. The molecule has 0 spiro atoms. The Morgan fingerprint density at radius 1 is 0.806 bits per heavy atom. The summed E-state index contributed by atoms with van der Waals surface area (Å²) >= 11 is 3.41. The van der Waals surface area contributed by atoms with Crippen LogP contribution in [0.4, 0.5) is 11.4 Å². The van der Waals surface area contributed by atoms with E-state index in [4.69, 9.17) is 4.74 Å². The predicted octanol–water partition coefficient (Wildman–Crippen LogP) is 7.48. The van der Waals surface area contributed by atoms with Gasteiger partial charge in [0, 0.05) is 38.6 Å². The molecular formula is C25H17N3OS2. The molecule has 0 radical (unpaired) electrons. The fourth-order valence-corrected chi connectivity index (χ4v) is 5.51. The van der Waals surface area contributed by atoms with Gasteiger partial charge in [-0.1, -0.05) is 12.1 Å². The Balaban J connectivity index is 1.44. The third kappa shape index (κ3) is 3.21. The zero-order chi connectivity index (χ0) is 20.8. The van der Waals surface area contributed by atoms with Gasteiger partial charge >= 0.3 is 0 Å². The Morgan fingerprint density at radius 2 is 1.71 bits per heavy atom. The molecule has 0 aliphatic heterocycles. The van der Waals surface area contributed by atoms with E-state index in [-0.39, 0.29) is 0 Å². The molecule has 3 aromatic heterocycles. The minimum absolute atomic E-state index is 0.863. The Kier molecular flexibility index (Phi) is 4.33. The van der Waals surface area contributed by atoms with Crippen LogP contribution in [-0.2, 0) is 0 Å². The Morgan fingerprint density at radius 3 is 2.58 bits per heavy atom. The summed E-state index contributed by atoms with van der Waals surface area (Å²) in [6.45, 7) is 0. The maximum Gasteiger partial charge on any atom is 0.118 e. The lowest BCUT2D eigenvalue weighted by atomic mass is 10.0. The van der Waals surface area contributed by atoms with Gasteiger partial charge in [-0.15, -0.1) is 22.7 Å². The summed E-state index contributed by atoms with van der Waals surface area (Å²) < 4.78 is 7.73. The number of methoxy groups -OCH3 is 1. The van der Waals surface area contributed by atoms with Crippen LogP contribution in [0, 0.1) is 0 Å². The van der Waals surface area contributed by atoms with Crippen molar-refractivity contribution in [2.24, 2.45) is 0 Å². The van der Waals surface area contributed by atoms with Crippen molar-refractivity contribution in [2.75, 3.05) is 12.4 Å². The summed E-state index contributed by atoms with van der Waals surface area (Å²) in [6.07, 6.45) is 1.86. The lowest BCUT2D eigenvalue weighted by Crippen LogP contribution is -1.92. The van der Waals surface area contributed by atoms with Crippen LogP contribution in [0.15, 0.2) is 77.8 Å². The number of nitrogens with one attached hydrogen (secondary N) is 1. The van der Waals surface area contributed by atoms with Crippen LogP contribution in [-0.4, -0.2) is 17.1 Å². The van der Waals surface area contributed by atoms with Crippen LogP contribution >= 0.6 is 22.7 Å². The molecule has 4 nitrogen and oxygen atoms in total. The fourth-order valence-electron chi connectivity index (χ4n) is 3.86. The van der Waals surface area contributed by atoms with Crippen LogP contribution < -0.4 is 10.1 Å². The fraction of sp³-hybridized carbons (Fsp3) is 0.0400. The number of anilines is 2. The smallest absolute Gasteiger partial charge is 0.118 e. The van der Waals surface area contributed by atoms with Crippen molar-refractivity contribution in [2.45, 2.75) is 0 Å². The van der Waals surface area contributed by atoms with Gasteiger partial charge in [0.15, 0.2) is 0 Å². The topological polar surface area (TPSA) is 47.0 Å². The Hall–Kier alpha value is -3.48. The minimum Gasteiger partial charge on any atom is -0.497 e. The average Bonchev–Trinajstić information content (AvgIpc) is 3.44. The number of pyridine rings is 1. The average molecular weight is 440 g/mol. The predicted molar refractivity (Wildman–Crippen MR) is 132 cm³/mol. The number of hydrogen-bond acceptors (Lipinski definition) is 6. The van der Waals surface area contributed by atoms with E-state index in [0.717, 1.165) is 33.5 Å². The largest absolute Gasteiger partial charge is 0.497 e. The molecule has 150 valence electrons. The molecule has 0 aliphatic carbocycles. The molecule has 0 atom stereocenters.